The summed E-state index contributed by atoms with van der Waals surface area (Å²) in [5.41, 5.74) is 3.03. The molecule has 1 aliphatic rings. The Balaban J connectivity index is 1.90. The summed E-state index contributed by atoms with van der Waals surface area (Å²) in [5, 5.41) is 3.88. The summed E-state index contributed by atoms with van der Waals surface area (Å²) >= 11 is 0. The number of piperazine rings is 1. The number of rotatable bonds is 5. The molecule has 0 aliphatic carbocycles. The van der Waals surface area contributed by atoms with Gasteiger partial charge in [-0.1, -0.05) is 74.5 Å². The van der Waals surface area contributed by atoms with E-state index in [4.69, 9.17) is 0 Å². The predicted octanol–water partition coefficient (Wildman–Crippen LogP) is 4.57. The van der Waals surface area contributed by atoms with E-state index < -0.39 is 0 Å². The van der Waals surface area contributed by atoms with Crippen LogP contribution in [0.3, 0.4) is 0 Å². The van der Waals surface area contributed by atoms with Crippen molar-refractivity contribution in [3.63, 3.8) is 0 Å². The van der Waals surface area contributed by atoms with E-state index in [1.165, 1.54) is 24.0 Å². The van der Waals surface area contributed by atoms with Gasteiger partial charge >= 0.3 is 0 Å². The Morgan fingerprint density at radius 3 is 2.08 bits per heavy atom. The third kappa shape index (κ3) is 3.26. The maximum Gasteiger partial charge on any atom is 0.0535 e. The molecule has 0 aromatic heterocycles. The summed E-state index contributed by atoms with van der Waals surface area (Å²) in [6, 6.07) is 21.8. The van der Waals surface area contributed by atoms with E-state index in [0.29, 0.717) is 0 Å². The van der Waals surface area contributed by atoms with E-state index in [1.54, 1.807) is 0 Å². The molecule has 0 spiro atoms. The second-order valence-corrected chi connectivity index (χ2v) is 7.32. The first-order valence-corrected chi connectivity index (χ1v) is 9.21. The van der Waals surface area contributed by atoms with Crippen molar-refractivity contribution in [2.45, 2.75) is 51.2 Å². The molecule has 128 valence electrons. The summed E-state index contributed by atoms with van der Waals surface area (Å²) in [7, 11) is 0. The highest BCUT2D eigenvalue weighted by molar-refractivity contribution is 5.26. The molecule has 2 aromatic carbocycles. The number of nitrogens with zero attached hydrogens (tertiary/aromatic N) is 1. The lowest BCUT2D eigenvalue weighted by molar-refractivity contribution is -0.00451. The number of hydrogen-bond acceptors (Lipinski definition) is 2. The van der Waals surface area contributed by atoms with Gasteiger partial charge in [-0.2, -0.15) is 0 Å². The summed E-state index contributed by atoms with van der Waals surface area (Å²) < 4.78 is 0. The molecule has 1 saturated heterocycles. The van der Waals surface area contributed by atoms with Crippen molar-refractivity contribution >= 4 is 0 Å². The standard InChI is InChI=1S/C22H30N2/c1-4-22(5-2)17-23-21(3,20-14-10-7-11-15-20)18-24(22)16-19-12-8-6-9-13-19/h6-15,23H,4-5,16-18H2,1-3H3. The Bertz CT molecular complexity index is 634. The van der Waals surface area contributed by atoms with Gasteiger partial charge in [0.2, 0.25) is 0 Å². The molecule has 1 aliphatic heterocycles. The molecule has 0 amide bonds. The SMILES string of the molecule is CCC1(CC)CNC(C)(c2ccccc2)CN1Cc1ccccc1. The minimum atomic E-state index is 0.00385. The van der Waals surface area contributed by atoms with Crippen molar-refractivity contribution in [3.05, 3.63) is 71.8 Å². The van der Waals surface area contributed by atoms with Crippen molar-refractivity contribution in [1.29, 1.82) is 0 Å². The second kappa shape index (κ2) is 7.08. The molecule has 3 rings (SSSR count). The lowest BCUT2D eigenvalue weighted by atomic mass is 9.80. The summed E-state index contributed by atoms with van der Waals surface area (Å²) in [4.78, 5) is 2.71. The highest BCUT2D eigenvalue weighted by atomic mass is 15.3. The fraction of sp³-hybridized carbons (Fsp3) is 0.455. The van der Waals surface area contributed by atoms with Gasteiger partial charge in [0, 0.05) is 25.2 Å². The molecular formula is C22H30N2. The topological polar surface area (TPSA) is 15.3 Å². The van der Waals surface area contributed by atoms with Crippen LogP contribution in [0.4, 0.5) is 0 Å². The largest absolute Gasteiger partial charge is 0.305 e. The molecule has 24 heavy (non-hydrogen) atoms. The van der Waals surface area contributed by atoms with Crippen LogP contribution in [0.15, 0.2) is 60.7 Å². The maximum atomic E-state index is 3.88. The third-order valence-electron chi connectivity index (χ3n) is 5.93. The second-order valence-electron chi connectivity index (χ2n) is 7.32. The maximum absolute atomic E-state index is 3.88. The molecule has 1 atom stereocenters. The van der Waals surface area contributed by atoms with Gasteiger partial charge in [-0.15, -0.1) is 0 Å². The van der Waals surface area contributed by atoms with Crippen LogP contribution in [-0.2, 0) is 12.1 Å². The molecule has 1 heterocycles. The van der Waals surface area contributed by atoms with Gasteiger partial charge in [0.05, 0.1) is 5.54 Å². The molecule has 0 saturated carbocycles. The molecule has 1 fully saturated rings. The van der Waals surface area contributed by atoms with E-state index in [-0.39, 0.29) is 11.1 Å². The van der Waals surface area contributed by atoms with Crippen molar-refractivity contribution in [2.24, 2.45) is 0 Å². The summed E-state index contributed by atoms with van der Waals surface area (Å²) in [6.07, 6.45) is 2.35. The van der Waals surface area contributed by atoms with Gasteiger partial charge < -0.3 is 5.32 Å². The first kappa shape index (κ1) is 17.2. The van der Waals surface area contributed by atoms with E-state index in [2.05, 4.69) is 91.7 Å². The highest BCUT2D eigenvalue weighted by Crippen LogP contribution is 2.35. The molecule has 0 bridgehead atoms. The number of nitrogens with one attached hydrogen (secondary N) is 1. The van der Waals surface area contributed by atoms with Crippen molar-refractivity contribution in [1.82, 2.24) is 10.2 Å². The number of hydrogen-bond donors (Lipinski definition) is 1. The van der Waals surface area contributed by atoms with E-state index >= 15 is 0 Å². The normalized spacial score (nSPS) is 24.0. The Morgan fingerprint density at radius 1 is 0.917 bits per heavy atom. The van der Waals surface area contributed by atoms with Crippen LogP contribution < -0.4 is 5.32 Å². The fourth-order valence-corrected chi connectivity index (χ4v) is 4.05. The van der Waals surface area contributed by atoms with Gasteiger partial charge in [-0.3, -0.25) is 4.90 Å². The molecule has 2 heteroatoms. The Labute approximate surface area is 146 Å². The molecule has 1 N–H and O–H groups in total. The molecular weight excluding hydrogens is 292 g/mol. The third-order valence-corrected chi connectivity index (χ3v) is 5.93. The Kier molecular flexibility index (Phi) is 5.07. The van der Waals surface area contributed by atoms with Gasteiger partial charge in [0.15, 0.2) is 0 Å². The van der Waals surface area contributed by atoms with Crippen LogP contribution in [0.25, 0.3) is 0 Å². The van der Waals surface area contributed by atoms with Crippen molar-refractivity contribution in [3.8, 4) is 0 Å². The quantitative estimate of drug-likeness (QED) is 0.867. The van der Waals surface area contributed by atoms with E-state index in [0.717, 1.165) is 19.6 Å². The van der Waals surface area contributed by atoms with Gasteiger partial charge in [0.1, 0.15) is 0 Å². The van der Waals surface area contributed by atoms with Crippen LogP contribution >= 0.6 is 0 Å². The summed E-state index contributed by atoms with van der Waals surface area (Å²) in [6.45, 7) is 10.1. The molecule has 0 radical (unpaired) electrons. The van der Waals surface area contributed by atoms with Crippen molar-refractivity contribution < 1.29 is 0 Å². The zero-order chi connectivity index (χ0) is 17.0. The van der Waals surface area contributed by atoms with Crippen LogP contribution in [0, 0.1) is 0 Å². The van der Waals surface area contributed by atoms with Crippen LogP contribution in [0.2, 0.25) is 0 Å². The zero-order valence-corrected chi connectivity index (χ0v) is 15.3. The average Bonchev–Trinajstić information content (AvgIpc) is 2.64. The first-order chi connectivity index (χ1) is 11.6. The first-order valence-electron chi connectivity index (χ1n) is 9.21. The van der Waals surface area contributed by atoms with E-state index in [9.17, 15) is 0 Å². The van der Waals surface area contributed by atoms with Crippen LogP contribution in [0.1, 0.15) is 44.7 Å². The van der Waals surface area contributed by atoms with E-state index in [1.807, 2.05) is 0 Å². The van der Waals surface area contributed by atoms with Crippen molar-refractivity contribution in [2.75, 3.05) is 13.1 Å². The van der Waals surface area contributed by atoms with Crippen LogP contribution in [0.5, 0.6) is 0 Å². The lowest BCUT2D eigenvalue weighted by Crippen LogP contribution is -2.67. The molecule has 1 unspecified atom stereocenters. The molecule has 2 nitrogen and oxygen atoms in total. The average molecular weight is 322 g/mol. The zero-order valence-electron chi connectivity index (χ0n) is 15.3. The van der Waals surface area contributed by atoms with Gasteiger partial charge in [0.25, 0.3) is 0 Å². The highest BCUT2D eigenvalue weighted by Gasteiger charge is 2.44. The smallest absolute Gasteiger partial charge is 0.0535 e. The monoisotopic (exact) mass is 322 g/mol. The van der Waals surface area contributed by atoms with Gasteiger partial charge in [-0.05, 0) is 30.9 Å². The minimum absolute atomic E-state index is 0.00385. The fourth-order valence-electron chi connectivity index (χ4n) is 4.05. The minimum Gasteiger partial charge on any atom is -0.305 e. The van der Waals surface area contributed by atoms with Crippen LogP contribution in [-0.4, -0.2) is 23.5 Å². The van der Waals surface area contributed by atoms with Gasteiger partial charge in [-0.25, -0.2) is 0 Å². The molecule has 2 aromatic rings. The lowest BCUT2D eigenvalue weighted by Gasteiger charge is -2.54. The Morgan fingerprint density at radius 2 is 1.50 bits per heavy atom. The number of benzene rings is 2. The predicted molar refractivity (Wildman–Crippen MR) is 102 cm³/mol. The Hall–Kier alpha value is -1.64. The summed E-state index contributed by atoms with van der Waals surface area (Å²) in [5.74, 6) is 0.